The van der Waals surface area contributed by atoms with E-state index in [0.29, 0.717) is 35.1 Å². The highest BCUT2D eigenvalue weighted by Crippen LogP contribution is 2.77. The first kappa shape index (κ1) is 23.0. The summed E-state index contributed by atoms with van der Waals surface area (Å²) >= 11 is 0. The summed E-state index contributed by atoms with van der Waals surface area (Å²) in [4.78, 5) is 28.6. The number of hydrogen-bond acceptors (Lipinski definition) is 3. The molecule has 2 N–H and O–H groups in total. The van der Waals surface area contributed by atoms with Crippen molar-refractivity contribution in [1.29, 1.82) is 0 Å². The summed E-state index contributed by atoms with van der Waals surface area (Å²) in [6, 6.07) is 0.363. The van der Waals surface area contributed by atoms with Gasteiger partial charge in [0.1, 0.15) is 0 Å². The molecule has 1 saturated heterocycles. The molecule has 35 heavy (non-hydrogen) atoms. The highest BCUT2D eigenvalue weighted by molar-refractivity contribution is 5.79. The smallest absolute Gasteiger partial charge is 0.309 e. The highest BCUT2D eigenvalue weighted by Gasteiger charge is 2.71. The molecule has 6 bridgehead atoms. The molecule has 6 saturated carbocycles. The minimum absolute atomic E-state index is 0.211. The van der Waals surface area contributed by atoms with Crippen LogP contribution in [0.3, 0.4) is 0 Å². The van der Waals surface area contributed by atoms with Crippen LogP contribution in [0, 0.1) is 51.8 Å². The lowest BCUT2D eigenvalue weighted by molar-refractivity contribution is -0.152. The molecule has 7 fully saturated rings. The summed E-state index contributed by atoms with van der Waals surface area (Å²) in [7, 11) is 2.06. The van der Waals surface area contributed by atoms with Crippen molar-refractivity contribution in [1.82, 2.24) is 10.2 Å². The van der Waals surface area contributed by atoms with Gasteiger partial charge in [-0.2, -0.15) is 0 Å². The van der Waals surface area contributed by atoms with E-state index in [0.717, 1.165) is 63.5 Å². The molecule has 5 heteroatoms. The van der Waals surface area contributed by atoms with Crippen molar-refractivity contribution < 1.29 is 14.7 Å². The van der Waals surface area contributed by atoms with E-state index in [1.165, 1.54) is 57.8 Å². The molecule has 5 nitrogen and oxygen atoms in total. The van der Waals surface area contributed by atoms with Gasteiger partial charge in [0.05, 0.1) is 5.41 Å². The maximum atomic E-state index is 13.7. The molecule has 1 aliphatic heterocycles. The van der Waals surface area contributed by atoms with Crippen LogP contribution in [0.5, 0.6) is 0 Å². The number of carbonyl (C=O) groups is 2. The Bertz CT molecular complexity index is 896. The number of likely N-dealkylation sites (N-methyl/N-ethyl adjacent to an activating group) is 1. The van der Waals surface area contributed by atoms with Crippen LogP contribution < -0.4 is 5.32 Å². The molecule has 7 rings (SSSR count). The number of aliphatic carboxylic acids is 1. The average Bonchev–Trinajstić information content (AvgIpc) is 3.14. The Morgan fingerprint density at radius 3 is 2.46 bits per heavy atom. The molecule has 10 unspecified atom stereocenters. The molecular weight excluding hydrogens is 436 g/mol. The van der Waals surface area contributed by atoms with Crippen molar-refractivity contribution in [3.8, 4) is 0 Å². The van der Waals surface area contributed by atoms with Crippen molar-refractivity contribution in [2.45, 2.75) is 102 Å². The summed E-state index contributed by atoms with van der Waals surface area (Å²) in [5.74, 6) is 3.48. The first-order valence-corrected chi connectivity index (χ1v) is 15.0. The Morgan fingerprint density at radius 2 is 1.69 bits per heavy atom. The second-order valence-corrected chi connectivity index (χ2v) is 14.6. The van der Waals surface area contributed by atoms with Crippen molar-refractivity contribution in [3.63, 3.8) is 0 Å². The lowest BCUT2D eigenvalue weighted by Gasteiger charge is -2.55. The van der Waals surface area contributed by atoms with Crippen LogP contribution >= 0.6 is 0 Å². The molecule has 0 aromatic carbocycles. The number of nitrogens with one attached hydrogen (secondary N) is 1. The Morgan fingerprint density at radius 1 is 0.886 bits per heavy atom. The zero-order valence-electron chi connectivity index (χ0n) is 21.8. The number of hydrogen-bond donors (Lipinski definition) is 2. The van der Waals surface area contributed by atoms with Crippen LogP contribution in [0.25, 0.3) is 0 Å². The first-order valence-electron chi connectivity index (χ1n) is 15.0. The third kappa shape index (κ3) is 3.28. The SMILES string of the molecule is CN(C(=O)C1CC2CC3CC(C45CC6CCCC(C(=O)O)(C4)C(C6)C5)(C2)CC3C1)C1CCCNC1. The van der Waals surface area contributed by atoms with Gasteiger partial charge in [0.25, 0.3) is 0 Å². The van der Waals surface area contributed by atoms with Gasteiger partial charge < -0.3 is 15.3 Å². The predicted octanol–water partition coefficient (Wildman–Crippen LogP) is 5.09. The number of piperidine rings is 1. The number of rotatable bonds is 4. The minimum Gasteiger partial charge on any atom is -0.481 e. The van der Waals surface area contributed by atoms with Gasteiger partial charge in [0, 0.05) is 25.6 Å². The molecular formula is C30H46N2O3. The fraction of sp³-hybridized carbons (Fsp3) is 0.933. The zero-order valence-corrected chi connectivity index (χ0v) is 21.8. The molecule has 6 aliphatic carbocycles. The van der Waals surface area contributed by atoms with Crippen LogP contribution in [0.2, 0.25) is 0 Å². The Kier molecular flexibility index (Phi) is 5.23. The van der Waals surface area contributed by atoms with E-state index in [1.54, 1.807) is 0 Å². The molecule has 10 atom stereocenters. The lowest BCUT2D eigenvalue weighted by atomic mass is 9.50. The van der Waals surface area contributed by atoms with E-state index in [2.05, 4.69) is 17.3 Å². The minimum atomic E-state index is -0.472. The van der Waals surface area contributed by atoms with E-state index in [-0.39, 0.29) is 11.3 Å². The van der Waals surface area contributed by atoms with Crippen LogP contribution in [-0.4, -0.2) is 48.1 Å². The van der Waals surface area contributed by atoms with E-state index >= 15 is 0 Å². The highest BCUT2D eigenvalue weighted by atomic mass is 16.4. The second kappa shape index (κ2) is 7.95. The van der Waals surface area contributed by atoms with Gasteiger partial charge in [-0.1, -0.05) is 12.8 Å². The number of carbonyl (C=O) groups excluding carboxylic acids is 1. The fourth-order valence-electron chi connectivity index (χ4n) is 11.9. The van der Waals surface area contributed by atoms with Gasteiger partial charge in [-0.05, 0) is 130 Å². The summed E-state index contributed by atoms with van der Waals surface area (Å²) < 4.78 is 0. The average molecular weight is 483 g/mol. The van der Waals surface area contributed by atoms with E-state index in [1.807, 2.05) is 0 Å². The molecule has 0 spiro atoms. The molecule has 0 aromatic rings. The topological polar surface area (TPSA) is 69.6 Å². The largest absolute Gasteiger partial charge is 0.481 e. The monoisotopic (exact) mass is 482 g/mol. The van der Waals surface area contributed by atoms with Crippen LogP contribution in [0.1, 0.15) is 96.3 Å². The van der Waals surface area contributed by atoms with Gasteiger partial charge >= 0.3 is 5.97 Å². The van der Waals surface area contributed by atoms with E-state index in [4.69, 9.17) is 0 Å². The van der Waals surface area contributed by atoms with Gasteiger partial charge in [-0.15, -0.1) is 0 Å². The molecule has 7 aliphatic rings. The predicted molar refractivity (Wildman–Crippen MR) is 135 cm³/mol. The van der Waals surface area contributed by atoms with Crippen molar-refractivity contribution in [2.75, 3.05) is 20.1 Å². The molecule has 1 heterocycles. The van der Waals surface area contributed by atoms with Gasteiger partial charge in [-0.3, -0.25) is 9.59 Å². The number of carboxylic acids is 1. The summed E-state index contributed by atoms with van der Waals surface area (Å²) in [5, 5.41) is 14.0. The summed E-state index contributed by atoms with van der Waals surface area (Å²) in [6.45, 7) is 2.03. The zero-order chi connectivity index (χ0) is 24.0. The van der Waals surface area contributed by atoms with Crippen LogP contribution in [-0.2, 0) is 9.59 Å². The lowest BCUT2D eigenvalue weighted by Crippen LogP contribution is -2.49. The van der Waals surface area contributed by atoms with Crippen molar-refractivity contribution >= 4 is 11.9 Å². The quantitative estimate of drug-likeness (QED) is 0.586. The molecule has 0 aromatic heterocycles. The summed E-state index contributed by atoms with van der Waals surface area (Å²) in [5.41, 5.74) is 0.205. The number of fused-ring (bicyclic) bond motifs is 5. The Balaban J connectivity index is 1.15. The normalized spacial score (nSPS) is 52.2. The molecule has 1 amide bonds. The van der Waals surface area contributed by atoms with E-state index < -0.39 is 11.4 Å². The maximum absolute atomic E-state index is 13.7. The number of nitrogens with zero attached hydrogens (tertiary/aromatic N) is 1. The third-order valence-corrected chi connectivity index (χ3v) is 13.2. The second-order valence-electron chi connectivity index (χ2n) is 14.6. The van der Waals surface area contributed by atoms with Gasteiger partial charge in [0.2, 0.25) is 5.91 Å². The van der Waals surface area contributed by atoms with Crippen molar-refractivity contribution in [3.05, 3.63) is 0 Å². The number of amides is 1. The van der Waals surface area contributed by atoms with E-state index in [9.17, 15) is 14.7 Å². The first-order chi connectivity index (χ1) is 16.8. The Labute approximate surface area is 211 Å². The Hall–Kier alpha value is -1.10. The molecule has 194 valence electrons. The fourth-order valence-corrected chi connectivity index (χ4v) is 11.9. The molecule has 0 radical (unpaired) electrons. The van der Waals surface area contributed by atoms with Crippen molar-refractivity contribution in [2.24, 2.45) is 51.8 Å². The standard InChI is InChI=1S/C30H46N2O3/c1-32(25-5-3-7-31-17-25)26(33)21-8-20-9-22-14-28(13-20,15-23(22)11-21)29-12-19-4-2-6-30(18-29,27(34)35)24(10-19)16-29/h19-25,31H,2-18H2,1H3,(H,34,35). The maximum Gasteiger partial charge on any atom is 0.309 e. The van der Waals surface area contributed by atoms with Gasteiger partial charge in [0.15, 0.2) is 0 Å². The van der Waals surface area contributed by atoms with Gasteiger partial charge in [-0.25, -0.2) is 0 Å². The third-order valence-electron chi connectivity index (χ3n) is 13.2. The van der Waals surface area contributed by atoms with Crippen LogP contribution in [0.15, 0.2) is 0 Å². The summed E-state index contributed by atoms with van der Waals surface area (Å²) in [6.07, 6.45) is 17.7. The van der Waals surface area contributed by atoms with Crippen LogP contribution in [0.4, 0.5) is 0 Å². The number of carboxylic acid groups (broad SMARTS) is 1.